The molecule has 0 fully saturated rings. The molecule has 0 spiro atoms. The van der Waals surface area contributed by atoms with Crippen molar-refractivity contribution >= 4 is 12.0 Å². The molecule has 0 aromatic heterocycles. The van der Waals surface area contributed by atoms with Gasteiger partial charge < -0.3 is 14.7 Å². The first-order valence-corrected chi connectivity index (χ1v) is 6.74. The lowest BCUT2D eigenvalue weighted by Crippen LogP contribution is -1.88. The fourth-order valence-corrected chi connectivity index (χ4v) is 1.38. The Hall–Kier alpha value is -1.81. The molecule has 1 aromatic rings. The van der Waals surface area contributed by atoms with Crippen LogP contribution in [0.4, 0.5) is 0 Å². The zero-order valence-corrected chi connectivity index (χ0v) is 12.8. The van der Waals surface area contributed by atoms with E-state index in [9.17, 15) is 5.11 Å². The molecule has 1 rings (SSSR count). The summed E-state index contributed by atoms with van der Waals surface area (Å²) in [6.07, 6.45) is 6.70. The lowest BCUT2D eigenvalue weighted by atomic mass is 10.1. The summed E-state index contributed by atoms with van der Waals surface area (Å²) < 4.78 is 4.25. The number of hydrogen-bond donors (Lipinski definition) is 1. The van der Waals surface area contributed by atoms with Crippen LogP contribution < -0.4 is 0 Å². The molecule has 0 aliphatic heterocycles. The van der Waals surface area contributed by atoms with Crippen LogP contribution in [0.5, 0.6) is 5.75 Å². The molecule has 20 heavy (non-hydrogen) atoms. The van der Waals surface area contributed by atoms with Crippen LogP contribution >= 0.6 is 0 Å². The predicted octanol–water partition coefficient (Wildman–Crippen LogP) is 4.21. The fourth-order valence-electron chi connectivity index (χ4n) is 1.38. The summed E-state index contributed by atoms with van der Waals surface area (Å²) in [5, 5.41) is 13.6. The normalized spacial score (nSPS) is 11.1. The van der Waals surface area contributed by atoms with Gasteiger partial charge in [0, 0.05) is 20.4 Å². The molecule has 4 nitrogen and oxygen atoms in total. The van der Waals surface area contributed by atoms with Gasteiger partial charge in [0.25, 0.3) is 0 Å². The Bertz CT molecular complexity index is 414. The number of para-hydroxylation sites is 1. The van der Waals surface area contributed by atoms with Crippen molar-refractivity contribution in [3.8, 4) is 5.75 Å². The van der Waals surface area contributed by atoms with Crippen LogP contribution in [0, 0.1) is 0 Å². The minimum absolute atomic E-state index is 0.198. The molecule has 0 bridgehead atoms. The van der Waals surface area contributed by atoms with Gasteiger partial charge in [0.05, 0.1) is 5.56 Å². The van der Waals surface area contributed by atoms with Crippen molar-refractivity contribution in [2.75, 3.05) is 14.2 Å². The van der Waals surface area contributed by atoms with E-state index in [-0.39, 0.29) is 5.75 Å². The molecule has 0 radical (unpaired) electrons. The first kappa shape index (κ1) is 18.2. The first-order chi connectivity index (χ1) is 9.71. The number of benzene rings is 1. The summed E-state index contributed by atoms with van der Waals surface area (Å²) in [6.45, 7) is 3.98. The second-order valence-electron chi connectivity index (χ2n) is 4.10. The Balaban J connectivity index is 0.00000110. The molecule has 0 saturated carbocycles. The van der Waals surface area contributed by atoms with E-state index in [4.69, 9.17) is 4.84 Å². The van der Waals surface area contributed by atoms with Gasteiger partial charge in [0.2, 0.25) is 0 Å². The van der Waals surface area contributed by atoms with Gasteiger partial charge in [0.15, 0.2) is 5.76 Å². The van der Waals surface area contributed by atoms with E-state index in [1.54, 1.807) is 44.7 Å². The summed E-state index contributed by atoms with van der Waals surface area (Å²) in [7, 11) is 3.25. The molecule has 0 amide bonds. The maximum atomic E-state index is 9.68. The molecule has 4 heteroatoms. The highest BCUT2D eigenvalue weighted by Gasteiger charge is 2.06. The molecule has 1 N–H and O–H groups in total. The number of phenols is 1. The van der Waals surface area contributed by atoms with E-state index < -0.39 is 0 Å². The van der Waals surface area contributed by atoms with E-state index >= 15 is 0 Å². The largest absolute Gasteiger partial charge is 0.507 e. The molecule has 0 aliphatic carbocycles. The molecule has 0 saturated heterocycles. The van der Waals surface area contributed by atoms with Crippen molar-refractivity contribution in [3.05, 3.63) is 35.9 Å². The second-order valence-corrected chi connectivity index (χ2v) is 4.10. The van der Waals surface area contributed by atoms with Crippen LogP contribution in [0.25, 0.3) is 5.76 Å². The third-order valence-corrected chi connectivity index (χ3v) is 2.34. The van der Waals surface area contributed by atoms with Crippen LogP contribution in [-0.2, 0) is 9.57 Å². The molecule has 0 atom stereocenters. The van der Waals surface area contributed by atoms with Crippen molar-refractivity contribution in [2.45, 2.75) is 33.1 Å². The standard InChI is InChI=1S/C14H19NO2.C2H6O/c1-3-5-8-11-15-17-14(4-2)12-9-6-7-10-13(12)16;1-3-2/h4,6-7,9-11,16H,3,5,8H2,1-2H3;1-2H3/b14-4-,15-11+;. The third-order valence-electron chi connectivity index (χ3n) is 2.34. The van der Waals surface area contributed by atoms with Crippen molar-refractivity contribution in [1.82, 2.24) is 0 Å². The number of oxime groups is 1. The van der Waals surface area contributed by atoms with Crippen LogP contribution in [-0.4, -0.2) is 25.5 Å². The minimum atomic E-state index is 0.198. The maximum absolute atomic E-state index is 9.68. The molecule has 112 valence electrons. The van der Waals surface area contributed by atoms with E-state index in [1.165, 1.54) is 0 Å². The average Bonchev–Trinajstić information content (AvgIpc) is 2.45. The van der Waals surface area contributed by atoms with Gasteiger partial charge >= 0.3 is 0 Å². The molecule has 0 heterocycles. The summed E-state index contributed by atoms with van der Waals surface area (Å²) in [5.41, 5.74) is 0.655. The van der Waals surface area contributed by atoms with Crippen molar-refractivity contribution in [1.29, 1.82) is 0 Å². The Morgan fingerprint density at radius 2 is 1.95 bits per heavy atom. The summed E-state index contributed by atoms with van der Waals surface area (Å²) >= 11 is 0. The predicted molar refractivity (Wildman–Crippen MR) is 83.8 cm³/mol. The Morgan fingerprint density at radius 3 is 2.50 bits per heavy atom. The molecule has 1 aromatic carbocycles. The van der Waals surface area contributed by atoms with Crippen LogP contribution in [0.1, 0.15) is 38.7 Å². The number of nitrogens with zero attached hydrogens (tertiary/aromatic N) is 1. The zero-order chi connectivity index (χ0) is 15.2. The molecular formula is C16H25NO3. The first-order valence-electron chi connectivity index (χ1n) is 6.74. The van der Waals surface area contributed by atoms with Crippen molar-refractivity contribution < 1.29 is 14.7 Å². The van der Waals surface area contributed by atoms with Gasteiger partial charge in [-0.05, 0) is 38.0 Å². The van der Waals surface area contributed by atoms with Gasteiger partial charge in [-0.1, -0.05) is 30.6 Å². The van der Waals surface area contributed by atoms with E-state index in [2.05, 4.69) is 16.8 Å². The summed E-state index contributed by atoms with van der Waals surface area (Å²) in [6, 6.07) is 7.05. The summed E-state index contributed by atoms with van der Waals surface area (Å²) in [5.74, 6) is 0.764. The summed E-state index contributed by atoms with van der Waals surface area (Å²) in [4.78, 5) is 5.28. The quantitative estimate of drug-likeness (QED) is 0.367. The van der Waals surface area contributed by atoms with Gasteiger partial charge in [-0.15, -0.1) is 0 Å². The average molecular weight is 279 g/mol. The highest BCUT2D eigenvalue weighted by molar-refractivity contribution is 5.65. The van der Waals surface area contributed by atoms with Gasteiger partial charge in [0.1, 0.15) is 5.75 Å². The van der Waals surface area contributed by atoms with Gasteiger partial charge in [-0.3, -0.25) is 0 Å². The highest BCUT2D eigenvalue weighted by atomic mass is 16.6. The number of ether oxygens (including phenoxy) is 1. The highest BCUT2D eigenvalue weighted by Crippen LogP contribution is 2.25. The monoisotopic (exact) mass is 279 g/mol. The number of rotatable bonds is 6. The van der Waals surface area contributed by atoms with Gasteiger partial charge in [-0.25, -0.2) is 0 Å². The SMILES string of the molecule is C/C=C(\O/N=C/CCCC)c1ccccc1O.COC. The number of allylic oxidation sites excluding steroid dienone is 1. The lowest BCUT2D eigenvalue weighted by molar-refractivity contribution is 0.277. The van der Waals surface area contributed by atoms with Crippen molar-refractivity contribution in [2.24, 2.45) is 5.16 Å². The molecule has 0 aliphatic rings. The number of hydrogen-bond acceptors (Lipinski definition) is 4. The van der Waals surface area contributed by atoms with Gasteiger partial charge in [-0.2, -0.15) is 0 Å². The minimum Gasteiger partial charge on any atom is -0.507 e. The van der Waals surface area contributed by atoms with Crippen LogP contribution in [0.15, 0.2) is 35.5 Å². The number of phenolic OH excluding ortho intramolecular Hbond substituents is 1. The Labute approximate surface area is 121 Å². The number of unbranched alkanes of at least 4 members (excludes halogenated alkanes) is 2. The lowest BCUT2D eigenvalue weighted by Gasteiger charge is -2.06. The van der Waals surface area contributed by atoms with Crippen LogP contribution in [0.2, 0.25) is 0 Å². The smallest absolute Gasteiger partial charge is 0.164 e. The molecular weight excluding hydrogens is 254 g/mol. The van der Waals surface area contributed by atoms with Crippen molar-refractivity contribution in [3.63, 3.8) is 0 Å². The Kier molecular flexibility index (Phi) is 11.1. The maximum Gasteiger partial charge on any atom is 0.164 e. The number of aromatic hydroxyl groups is 1. The topological polar surface area (TPSA) is 51.0 Å². The van der Waals surface area contributed by atoms with Crippen LogP contribution in [0.3, 0.4) is 0 Å². The van der Waals surface area contributed by atoms with E-state index in [0.717, 1.165) is 19.3 Å². The Morgan fingerprint density at radius 1 is 1.30 bits per heavy atom. The third kappa shape index (κ3) is 7.59. The zero-order valence-electron chi connectivity index (χ0n) is 12.8. The van der Waals surface area contributed by atoms with E-state index in [0.29, 0.717) is 11.3 Å². The van der Waals surface area contributed by atoms with E-state index in [1.807, 2.05) is 13.0 Å². The second kappa shape index (κ2) is 12.2. The number of methoxy groups -OCH3 is 1. The fraction of sp³-hybridized carbons (Fsp3) is 0.438. The molecule has 0 unspecified atom stereocenters.